The molecule has 3 rings (SSSR count). The van der Waals surface area contributed by atoms with E-state index in [9.17, 15) is 18.1 Å². The second kappa shape index (κ2) is 5.39. The highest BCUT2D eigenvalue weighted by Crippen LogP contribution is 2.43. The first-order chi connectivity index (χ1) is 10.4. The molecule has 0 aromatic heterocycles. The van der Waals surface area contributed by atoms with Crippen LogP contribution in [0.25, 0.3) is 0 Å². The van der Waals surface area contributed by atoms with Crippen molar-refractivity contribution in [3.8, 4) is 5.75 Å². The largest absolute Gasteiger partial charge is 0.508 e. The number of rotatable bonds is 4. The van der Waals surface area contributed by atoms with E-state index in [1.807, 2.05) is 30.3 Å². The molecular formula is C16H16O5S. The molecule has 1 aliphatic heterocycles. The van der Waals surface area contributed by atoms with Gasteiger partial charge in [0, 0.05) is 12.0 Å². The van der Waals surface area contributed by atoms with Gasteiger partial charge in [0.25, 0.3) is 10.1 Å². The highest BCUT2D eigenvalue weighted by Gasteiger charge is 2.41. The number of aryl methyl sites for hydroxylation is 1. The third-order valence-electron chi connectivity index (χ3n) is 3.81. The predicted octanol–water partition coefficient (Wildman–Crippen LogP) is 2.63. The predicted molar refractivity (Wildman–Crippen MR) is 80.4 cm³/mol. The summed E-state index contributed by atoms with van der Waals surface area (Å²) < 4.78 is 38.2. The van der Waals surface area contributed by atoms with Gasteiger partial charge < -0.3 is 9.84 Å². The van der Waals surface area contributed by atoms with Gasteiger partial charge in [0.1, 0.15) is 16.7 Å². The molecule has 1 saturated heterocycles. The van der Waals surface area contributed by atoms with Crippen LogP contribution in [-0.2, 0) is 21.3 Å². The van der Waals surface area contributed by atoms with E-state index in [-0.39, 0.29) is 34.8 Å². The van der Waals surface area contributed by atoms with Crippen molar-refractivity contribution in [3.05, 3.63) is 59.2 Å². The van der Waals surface area contributed by atoms with Gasteiger partial charge >= 0.3 is 0 Å². The van der Waals surface area contributed by atoms with Crippen LogP contribution in [0.1, 0.15) is 22.8 Å². The van der Waals surface area contributed by atoms with Gasteiger partial charge in [-0.05, 0) is 24.1 Å². The minimum Gasteiger partial charge on any atom is -0.508 e. The third-order valence-corrected chi connectivity index (χ3v) is 4.89. The van der Waals surface area contributed by atoms with Gasteiger partial charge in [-0.25, -0.2) is 0 Å². The average Bonchev–Trinajstić information content (AvgIpc) is 3.22. The van der Waals surface area contributed by atoms with Crippen LogP contribution in [0.2, 0.25) is 0 Å². The molecule has 0 radical (unpaired) electrons. The molecule has 2 aromatic rings. The van der Waals surface area contributed by atoms with Crippen molar-refractivity contribution in [1.82, 2.24) is 0 Å². The Hall–Kier alpha value is -1.89. The maximum Gasteiger partial charge on any atom is 0.295 e. The Kier molecular flexibility index (Phi) is 3.68. The molecule has 116 valence electrons. The maximum absolute atomic E-state index is 11.6. The summed E-state index contributed by atoms with van der Waals surface area (Å²) in [5.74, 6) is -0.152. The summed E-state index contributed by atoms with van der Waals surface area (Å²) >= 11 is 0. The highest BCUT2D eigenvalue weighted by molar-refractivity contribution is 7.86. The van der Waals surface area contributed by atoms with Crippen molar-refractivity contribution in [2.24, 2.45) is 0 Å². The normalized spacial score (nSPS) is 20.8. The first kappa shape index (κ1) is 15.0. The van der Waals surface area contributed by atoms with Gasteiger partial charge in [-0.3, -0.25) is 4.55 Å². The van der Waals surface area contributed by atoms with Crippen LogP contribution in [0.3, 0.4) is 0 Å². The summed E-state index contributed by atoms with van der Waals surface area (Å²) in [6.07, 6.45) is -0.103. The number of benzene rings is 2. The van der Waals surface area contributed by atoms with E-state index in [0.717, 1.165) is 5.56 Å². The lowest BCUT2D eigenvalue weighted by molar-refractivity contribution is 0.369. The number of phenols is 1. The van der Waals surface area contributed by atoms with E-state index < -0.39 is 10.1 Å². The number of ether oxygens (including phenoxy) is 1. The van der Waals surface area contributed by atoms with Crippen LogP contribution in [0.5, 0.6) is 5.75 Å². The van der Waals surface area contributed by atoms with Crippen LogP contribution < -0.4 is 0 Å². The van der Waals surface area contributed by atoms with Crippen molar-refractivity contribution in [2.75, 3.05) is 0 Å². The molecular weight excluding hydrogens is 304 g/mol. The number of epoxide rings is 1. The molecule has 2 N–H and O–H groups in total. The summed E-state index contributed by atoms with van der Waals surface area (Å²) in [6, 6.07) is 12.5. The molecule has 0 bridgehead atoms. The lowest BCUT2D eigenvalue weighted by atomic mass is 10.0. The highest BCUT2D eigenvalue weighted by atomic mass is 32.2. The second-order valence-corrected chi connectivity index (χ2v) is 6.75. The third kappa shape index (κ3) is 2.85. The van der Waals surface area contributed by atoms with E-state index in [4.69, 9.17) is 4.74 Å². The van der Waals surface area contributed by atoms with Gasteiger partial charge in [0.15, 0.2) is 0 Å². The zero-order chi connectivity index (χ0) is 15.9. The van der Waals surface area contributed by atoms with Gasteiger partial charge in [0.2, 0.25) is 0 Å². The van der Waals surface area contributed by atoms with E-state index in [2.05, 4.69) is 0 Å². The lowest BCUT2D eigenvalue weighted by Gasteiger charge is -2.11. The van der Waals surface area contributed by atoms with Crippen molar-refractivity contribution >= 4 is 10.1 Å². The molecule has 1 aliphatic rings. The summed E-state index contributed by atoms with van der Waals surface area (Å²) in [6.45, 7) is 1.58. The Bertz CT molecular complexity index is 799. The molecule has 0 aliphatic carbocycles. The van der Waals surface area contributed by atoms with Crippen LogP contribution in [0.15, 0.2) is 47.4 Å². The van der Waals surface area contributed by atoms with Gasteiger partial charge in [-0.1, -0.05) is 36.4 Å². The SMILES string of the molecule is Cc1ccc(O)c(C[C@H]2O[C@@H]2c2ccccc2)c1S(=O)(=O)O. The Morgan fingerprint density at radius 1 is 1.14 bits per heavy atom. The Labute approximate surface area is 128 Å². The fourth-order valence-electron chi connectivity index (χ4n) is 2.73. The van der Waals surface area contributed by atoms with Crippen LogP contribution in [0.4, 0.5) is 0 Å². The zero-order valence-electron chi connectivity index (χ0n) is 11.9. The molecule has 2 aromatic carbocycles. The number of hydrogen-bond donors (Lipinski definition) is 2. The van der Waals surface area contributed by atoms with Gasteiger partial charge in [-0.15, -0.1) is 0 Å². The molecule has 5 nitrogen and oxygen atoms in total. The Balaban J connectivity index is 1.90. The van der Waals surface area contributed by atoms with E-state index >= 15 is 0 Å². The smallest absolute Gasteiger partial charge is 0.295 e. The number of phenolic OH excluding ortho intramolecular Hbond substituents is 1. The molecule has 22 heavy (non-hydrogen) atoms. The first-order valence-corrected chi connectivity index (χ1v) is 8.31. The fourth-order valence-corrected chi connectivity index (χ4v) is 3.70. The van der Waals surface area contributed by atoms with E-state index in [1.54, 1.807) is 6.92 Å². The fraction of sp³-hybridized carbons (Fsp3) is 0.250. The summed E-state index contributed by atoms with van der Waals surface area (Å²) in [5.41, 5.74) is 1.60. The monoisotopic (exact) mass is 320 g/mol. The van der Waals surface area contributed by atoms with Crippen molar-refractivity contribution in [1.29, 1.82) is 0 Å². The zero-order valence-corrected chi connectivity index (χ0v) is 12.7. The van der Waals surface area contributed by atoms with Crippen LogP contribution in [-0.4, -0.2) is 24.2 Å². The second-order valence-electron chi connectivity index (χ2n) is 5.39. The molecule has 0 saturated carbocycles. The number of hydrogen-bond acceptors (Lipinski definition) is 4. The minimum absolute atomic E-state index is 0.115. The summed E-state index contributed by atoms with van der Waals surface area (Å²) in [7, 11) is -4.40. The quantitative estimate of drug-likeness (QED) is 0.668. The van der Waals surface area contributed by atoms with Gasteiger partial charge in [0.05, 0.1) is 6.10 Å². The van der Waals surface area contributed by atoms with E-state index in [0.29, 0.717) is 5.56 Å². The van der Waals surface area contributed by atoms with Crippen LogP contribution in [0, 0.1) is 6.92 Å². The van der Waals surface area contributed by atoms with Crippen LogP contribution >= 0.6 is 0 Å². The molecule has 2 atom stereocenters. The minimum atomic E-state index is -4.40. The molecule has 0 unspecified atom stereocenters. The number of aromatic hydroxyl groups is 1. The lowest BCUT2D eigenvalue weighted by Crippen LogP contribution is -2.08. The Morgan fingerprint density at radius 2 is 1.82 bits per heavy atom. The summed E-state index contributed by atoms with van der Waals surface area (Å²) in [5, 5.41) is 9.98. The first-order valence-electron chi connectivity index (χ1n) is 6.87. The molecule has 6 heteroatoms. The topological polar surface area (TPSA) is 87.1 Å². The molecule has 0 amide bonds. The van der Waals surface area contributed by atoms with Crippen molar-refractivity contribution in [3.63, 3.8) is 0 Å². The average molecular weight is 320 g/mol. The van der Waals surface area contributed by atoms with Gasteiger partial charge in [-0.2, -0.15) is 8.42 Å². The van der Waals surface area contributed by atoms with E-state index in [1.165, 1.54) is 12.1 Å². The molecule has 1 heterocycles. The summed E-state index contributed by atoms with van der Waals surface area (Å²) in [4.78, 5) is -0.227. The molecule has 1 fully saturated rings. The Morgan fingerprint density at radius 3 is 2.45 bits per heavy atom. The standard InChI is InChI=1S/C16H16O5S/c1-10-7-8-13(17)12(16(10)22(18,19)20)9-14-15(21-14)11-5-3-2-4-6-11/h2-8,14-15,17H,9H2,1H3,(H,18,19,20)/t14-,15-/m1/s1. The molecule has 0 spiro atoms. The van der Waals surface area contributed by atoms with Crippen molar-refractivity contribution < 1.29 is 22.8 Å². The van der Waals surface area contributed by atoms with Crippen molar-refractivity contribution in [2.45, 2.75) is 30.4 Å². The maximum atomic E-state index is 11.6.